The highest BCUT2D eigenvalue weighted by molar-refractivity contribution is 5.97. The number of ketones is 1. The van der Waals surface area contributed by atoms with Gasteiger partial charge in [-0.25, -0.2) is 0 Å². The van der Waals surface area contributed by atoms with Crippen LogP contribution in [0, 0.1) is 0 Å². The van der Waals surface area contributed by atoms with Crippen molar-refractivity contribution in [2.45, 2.75) is 32.7 Å². The second-order valence-electron chi connectivity index (χ2n) is 4.85. The molecule has 0 aromatic heterocycles. The first kappa shape index (κ1) is 16.6. The molecule has 1 amide bonds. The van der Waals surface area contributed by atoms with Crippen molar-refractivity contribution in [3.8, 4) is 0 Å². The van der Waals surface area contributed by atoms with Gasteiger partial charge in [-0.1, -0.05) is 0 Å². The smallest absolute Gasteiger partial charge is 0.221 e. The molecular weight excluding hydrogens is 252 g/mol. The Labute approximate surface area is 113 Å². The number of carbonyl (C=O) groups is 2. The lowest BCUT2D eigenvalue weighted by Gasteiger charge is -2.17. The fourth-order valence-electron chi connectivity index (χ4n) is 1.46. The molecule has 0 saturated carbocycles. The zero-order valence-corrected chi connectivity index (χ0v) is 11.6. The molecule has 1 aromatic rings. The van der Waals surface area contributed by atoms with Gasteiger partial charge in [-0.15, -0.1) is 12.4 Å². The van der Waals surface area contributed by atoms with Gasteiger partial charge < -0.3 is 11.1 Å². The molecule has 0 atom stereocenters. The minimum atomic E-state index is -0.507. The number of Topliss-reactive ketones (excluding diaryl/α,β-unsaturated/α-hetero) is 1. The lowest BCUT2D eigenvalue weighted by Crippen LogP contribution is -2.34. The van der Waals surface area contributed by atoms with Crippen LogP contribution in [0.25, 0.3) is 0 Å². The maximum Gasteiger partial charge on any atom is 0.221 e. The van der Waals surface area contributed by atoms with Crippen LogP contribution in [0.1, 0.15) is 37.6 Å². The first-order chi connectivity index (χ1) is 7.78. The third kappa shape index (κ3) is 5.80. The quantitative estimate of drug-likeness (QED) is 0.825. The van der Waals surface area contributed by atoms with Crippen LogP contribution in [0.3, 0.4) is 0 Å². The van der Waals surface area contributed by atoms with Gasteiger partial charge in [0, 0.05) is 30.1 Å². The predicted molar refractivity (Wildman–Crippen MR) is 75.2 cm³/mol. The Morgan fingerprint density at radius 1 is 1.22 bits per heavy atom. The monoisotopic (exact) mass is 270 g/mol. The number of benzene rings is 1. The SMILES string of the molecule is CC(=O)Nc1ccc(C(=O)CC(C)(C)N)cc1.Cl. The molecule has 4 nitrogen and oxygen atoms in total. The number of nitrogens with two attached hydrogens (primary N) is 1. The first-order valence-corrected chi connectivity index (χ1v) is 5.48. The second-order valence-corrected chi connectivity index (χ2v) is 4.85. The standard InChI is InChI=1S/C13H18N2O2.ClH/c1-9(16)15-11-6-4-10(5-7-11)12(17)8-13(2,3)14;/h4-7H,8,14H2,1-3H3,(H,15,16);1H. The number of rotatable bonds is 4. The molecule has 0 spiro atoms. The maximum atomic E-state index is 11.8. The summed E-state index contributed by atoms with van der Waals surface area (Å²) in [7, 11) is 0. The van der Waals surface area contributed by atoms with Gasteiger partial charge in [-0.05, 0) is 38.1 Å². The van der Waals surface area contributed by atoms with E-state index in [-0.39, 0.29) is 24.1 Å². The fourth-order valence-corrected chi connectivity index (χ4v) is 1.46. The number of hydrogen-bond acceptors (Lipinski definition) is 3. The van der Waals surface area contributed by atoms with Crippen molar-refractivity contribution in [3.05, 3.63) is 29.8 Å². The summed E-state index contributed by atoms with van der Waals surface area (Å²) in [5.41, 5.74) is 6.58. The molecule has 0 radical (unpaired) electrons. The Balaban J connectivity index is 0.00000289. The Kier molecular flexibility index (Phi) is 6.01. The number of hydrogen-bond donors (Lipinski definition) is 2. The average Bonchev–Trinajstić information content (AvgIpc) is 2.15. The molecule has 0 heterocycles. The van der Waals surface area contributed by atoms with E-state index in [2.05, 4.69) is 5.32 Å². The first-order valence-electron chi connectivity index (χ1n) is 5.48. The molecule has 100 valence electrons. The summed E-state index contributed by atoms with van der Waals surface area (Å²) in [5, 5.41) is 2.64. The van der Waals surface area contributed by atoms with E-state index < -0.39 is 5.54 Å². The molecule has 0 saturated heterocycles. The van der Waals surface area contributed by atoms with Crippen LogP contribution < -0.4 is 11.1 Å². The molecule has 0 fully saturated rings. The van der Waals surface area contributed by atoms with Gasteiger partial charge in [-0.3, -0.25) is 9.59 Å². The third-order valence-electron chi connectivity index (χ3n) is 2.14. The molecule has 5 heteroatoms. The van der Waals surface area contributed by atoms with Crippen LogP contribution in [0.4, 0.5) is 5.69 Å². The number of halogens is 1. The van der Waals surface area contributed by atoms with Gasteiger partial charge in [-0.2, -0.15) is 0 Å². The van der Waals surface area contributed by atoms with Gasteiger partial charge in [0.2, 0.25) is 5.91 Å². The lowest BCUT2D eigenvalue weighted by atomic mass is 9.95. The number of nitrogens with one attached hydrogen (secondary N) is 1. The number of amides is 1. The van der Waals surface area contributed by atoms with Gasteiger partial charge in [0.25, 0.3) is 0 Å². The molecule has 1 aromatic carbocycles. The minimum Gasteiger partial charge on any atom is -0.326 e. The molecule has 3 N–H and O–H groups in total. The summed E-state index contributed by atoms with van der Waals surface area (Å²) in [6.45, 7) is 5.07. The zero-order chi connectivity index (χ0) is 13.1. The van der Waals surface area contributed by atoms with E-state index in [0.29, 0.717) is 17.7 Å². The Hall–Kier alpha value is -1.39. The summed E-state index contributed by atoms with van der Waals surface area (Å²) in [4.78, 5) is 22.7. The van der Waals surface area contributed by atoms with E-state index in [0.717, 1.165) is 0 Å². The Morgan fingerprint density at radius 2 is 1.72 bits per heavy atom. The highest BCUT2D eigenvalue weighted by Crippen LogP contribution is 2.14. The maximum absolute atomic E-state index is 11.8. The predicted octanol–water partition coefficient (Wildman–Crippen LogP) is 2.38. The van der Waals surface area contributed by atoms with Crippen molar-refractivity contribution in [3.63, 3.8) is 0 Å². The highest BCUT2D eigenvalue weighted by Gasteiger charge is 2.17. The van der Waals surface area contributed by atoms with Crippen LogP contribution in [0.15, 0.2) is 24.3 Å². The van der Waals surface area contributed by atoms with E-state index in [1.165, 1.54) is 6.92 Å². The number of carbonyl (C=O) groups excluding carboxylic acids is 2. The van der Waals surface area contributed by atoms with Crippen molar-refractivity contribution in [2.24, 2.45) is 5.73 Å². The lowest BCUT2D eigenvalue weighted by molar-refractivity contribution is -0.114. The second kappa shape index (κ2) is 6.52. The molecule has 0 unspecified atom stereocenters. The summed E-state index contributed by atoms with van der Waals surface area (Å²) in [6.07, 6.45) is 0.298. The summed E-state index contributed by atoms with van der Waals surface area (Å²) < 4.78 is 0. The topological polar surface area (TPSA) is 72.2 Å². The van der Waals surface area contributed by atoms with Crippen molar-refractivity contribution < 1.29 is 9.59 Å². The molecule has 0 aliphatic rings. The molecular formula is C13H19ClN2O2. The average molecular weight is 271 g/mol. The molecule has 1 rings (SSSR count). The van der Waals surface area contributed by atoms with E-state index in [1.54, 1.807) is 24.3 Å². The highest BCUT2D eigenvalue weighted by atomic mass is 35.5. The third-order valence-corrected chi connectivity index (χ3v) is 2.14. The Morgan fingerprint density at radius 3 is 2.11 bits per heavy atom. The van der Waals surface area contributed by atoms with Crippen molar-refractivity contribution in [1.82, 2.24) is 0 Å². The molecule has 0 aliphatic carbocycles. The van der Waals surface area contributed by atoms with Gasteiger partial charge in [0.15, 0.2) is 5.78 Å². The summed E-state index contributed by atoms with van der Waals surface area (Å²) in [5.74, 6) is -0.126. The molecule has 0 aliphatic heterocycles. The minimum absolute atomic E-state index is 0. The largest absolute Gasteiger partial charge is 0.326 e. The van der Waals surface area contributed by atoms with E-state index in [1.807, 2.05) is 13.8 Å². The molecule has 0 bridgehead atoms. The van der Waals surface area contributed by atoms with Crippen molar-refractivity contribution in [1.29, 1.82) is 0 Å². The van der Waals surface area contributed by atoms with Crippen LogP contribution >= 0.6 is 12.4 Å². The van der Waals surface area contributed by atoms with Crippen LogP contribution in [0.5, 0.6) is 0 Å². The molecule has 18 heavy (non-hydrogen) atoms. The summed E-state index contributed by atoms with van der Waals surface area (Å²) in [6, 6.07) is 6.80. The van der Waals surface area contributed by atoms with E-state index in [9.17, 15) is 9.59 Å². The zero-order valence-electron chi connectivity index (χ0n) is 10.8. The van der Waals surface area contributed by atoms with E-state index in [4.69, 9.17) is 5.73 Å². The van der Waals surface area contributed by atoms with E-state index >= 15 is 0 Å². The number of anilines is 1. The fraction of sp³-hybridized carbons (Fsp3) is 0.385. The van der Waals surface area contributed by atoms with Crippen LogP contribution in [-0.2, 0) is 4.79 Å². The van der Waals surface area contributed by atoms with Crippen LogP contribution in [0.2, 0.25) is 0 Å². The van der Waals surface area contributed by atoms with Gasteiger partial charge in [0.1, 0.15) is 0 Å². The Bertz CT molecular complexity index is 422. The normalized spacial score (nSPS) is 10.4. The van der Waals surface area contributed by atoms with Crippen molar-refractivity contribution in [2.75, 3.05) is 5.32 Å². The van der Waals surface area contributed by atoms with Gasteiger partial charge in [0.05, 0.1) is 0 Å². The summed E-state index contributed by atoms with van der Waals surface area (Å²) >= 11 is 0. The van der Waals surface area contributed by atoms with Crippen LogP contribution in [-0.4, -0.2) is 17.2 Å². The van der Waals surface area contributed by atoms with Crippen molar-refractivity contribution >= 4 is 29.8 Å². The van der Waals surface area contributed by atoms with Gasteiger partial charge >= 0.3 is 0 Å².